The minimum Gasteiger partial charge on any atom is -0.490 e. The normalized spacial score (nSPS) is 18.0. The summed E-state index contributed by atoms with van der Waals surface area (Å²) in [5, 5.41) is 2.99. The third-order valence-electron chi connectivity index (χ3n) is 4.11. The molecule has 0 bridgehead atoms. The highest BCUT2D eigenvalue weighted by molar-refractivity contribution is 5.94. The van der Waals surface area contributed by atoms with E-state index >= 15 is 0 Å². The fourth-order valence-electron chi connectivity index (χ4n) is 2.82. The minimum atomic E-state index is 0.0260. The number of carbonyl (C=O) groups is 1. The molecule has 0 aromatic heterocycles. The van der Waals surface area contributed by atoms with Gasteiger partial charge in [-0.05, 0) is 31.4 Å². The molecule has 3 rings (SSSR count). The van der Waals surface area contributed by atoms with Crippen LogP contribution in [0.4, 0.5) is 5.69 Å². The van der Waals surface area contributed by atoms with Crippen molar-refractivity contribution in [2.45, 2.75) is 25.7 Å². The number of nitrogens with zero attached hydrogens (tertiary/aromatic N) is 2. The number of anilines is 1. The summed E-state index contributed by atoms with van der Waals surface area (Å²) in [5.74, 6) is 1.66. The molecule has 0 unspecified atom stereocenters. The first-order chi connectivity index (χ1) is 11.7. The molecule has 0 radical (unpaired) electrons. The lowest BCUT2D eigenvalue weighted by molar-refractivity contribution is -0.130. The van der Waals surface area contributed by atoms with Crippen LogP contribution in [-0.2, 0) is 4.79 Å². The van der Waals surface area contributed by atoms with Gasteiger partial charge in [-0.3, -0.25) is 4.79 Å². The van der Waals surface area contributed by atoms with Gasteiger partial charge in [-0.25, -0.2) is 4.99 Å². The summed E-state index contributed by atoms with van der Waals surface area (Å²) >= 11 is 0. The first kappa shape index (κ1) is 16.4. The smallest absolute Gasteiger partial charge is 0.244 e. The van der Waals surface area contributed by atoms with E-state index < -0.39 is 0 Å². The first-order valence-corrected chi connectivity index (χ1v) is 8.47. The number of fused-ring (bicyclic) bond motifs is 1. The standard InChI is InChI=1S/C17H24N4O3/c18-17(19-12-16(22)21-7-2-1-3-8-21)20-13-5-6-14-15(11-13)24-10-4-9-23-14/h5-6,11H,1-4,7-10,12H2,(H3,18,19,20). The molecule has 24 heavy (non-hydrogen) atoms. The van der Waals surface area contributed by atoms with Gasteiger partial charge in [0.05, 0.1) is 13.2 Å². The second kappa shape index (κ2) is 7.90. The highest BCUT2D eigenvalue weighted by atomic mass is 16.5. The van der Waals surface area contributed by atoms with Crippen LogP contribution in [0, 0.1) is 0 Å². The Balaban J connectivity index is 1.56. The van der Waals surface area contributed by atoms with E-state index in [-0.39, 0.29) is 18.4 Å². The van der Waals surface area contributed by atoms with Crippen molar-refractivity contribution in [3.8, 4) is 11.5 Å². The Hall–Kier alpha value is -2.44. The number of piperidine rings is 1. The van der Waals surface area contributed by atoms with E-state index in [0.29, 0.717) is 19.0 Å². The third kappa shape index (κ3) is 4.31. The Morgan fingerprint density at radius 2 is 1.88 bits per heavy atom. The molecule has 7 heteroatoms. The number of hydrogen-bond donors (Lipinski definition) is 2. The lowest BCUT2D eigenvalue weighted by Gasteiger charge is -2.26. The van der Waals surface area contributed by atoms with Crippen LogP contribution in [0.1, 0.15) is 25.7 Å². The molecule has 1 amide bonds. The summed E-state index contributed by atoms with van der Waals surface area (Å²) < 4.78 is 11.2. The summed E-state index contributed by atoms with van der Waals surface area (Å²) in [6, 6.07) is 5.52. The summed E-state index contributed by atoms with van der Waals surface area (Å²) in [7, 11) is 0. The van der Waals surface area contributed by atoms with Crippen molar-refractivity contribution < 1.29 is 14.3 Å². The Morgan fingerprint density at radius 3 is 2.67 bits per heavy atom. The number of aliphatic imine (C=N–C) groups is 1. The second-order valence-corrected chi connectivity index (χ2v) is 5.98. The van der Waals surface area contributed by atoms with E-state index in [4.69, 9.17) is 15.2 Å². The topological polar surface area (TPSA) is 89.2 Å². The quantitative estimate of drug-likeness (QED) is 0.648. The number of benzene rings is 1. The molecule has 130 valence electrons. The number of likely N-dealkylation sites (tertiary alicyclic amines) is 1. The molecule has 1 aromatic carbocycles. The van der Waals surface area contributed by atoms with Crippen LogP contribution in [-0.4, -0.2) is 49.6 Å². The van der Waals surface area contributed by atoms with E-state index in [0.717, 1.165) is 43.8 Å². The number of nitrogens with one attached hydrogen (secondary N) is 1. The number of hydrogen-bond acceptors (Lipinski definition) is 4. The van der Waals surface area contributed by atoms with Crippen molar-refractivity contribution in [1.29, 1.82) is 0 Å². The van der Waals surface area contributed by atoms with Gasteiger partial charge in [0.2, 0.25) is 5.91 Å². The van der Waals surface area contributed by atoms with Crippen molar-refractivity contribution in [3.63, 3.8) is 0 Å². The Labute approximate surface area is 141 Å². The molecule has 2 aliphatic rings. The molecule has 2 aliphatic heterocycles. The maximum atomic E-state index is 12.1. The second-order valence-electron chi connectivity index (χ2n) is 5.98. The zero-order valence-corrected chi connectivity index (χ0v) is 13.8. The van der Waals surface area contributed by atoms with Gasteiger partial charge in [0.25, 0.3) is 0 Å². The summed E-state index contributed by atoms with van der Waals surface area (Å²) in [5.41, 5.74) is 6.64. The molecule has 3 N–H and O–H groups in total. The summed E-state index contributed by atoms with van der Waals surface area (Å²) in [6.45, 7) is 3.00. The highest BCUT2D eigenvalue weighted by Gasteiger charge is 2.16. The molecule has 7 nitrogen and oxygen atoms in total. The lowest BCUT2D eigenvalue weighted by Crippen LogP contribution is -2.37. The van der Waals surface area contributed by atoms with Crippen LogP contribution in [0.25, 0.3) is 0 Å². The van der Waals surface area contributed by atoms with Gasteiger partial charge in [0.15, 0.2) is 17.5 Å². The van der Waals surface area contributed by atoms with Gasteiger partial charge in [-0.1, -0.05) is 0 Å². The van der Waals surface area contributed by atoms with Crippen LogP contribution < -0.4 is 20.5 Å². The van der Waals surface area contributed by atoms with E-state index in [1.54, 1.807) is 0 Å². The van der Waals surface area contributed by atoms with Crippen molar-refractivity contribution in [2.75, 3.05) is 38.2 Å². The predicted molar refractivity (Wildman–Crippen MR) is 92.6 cm³/mol. The Morgan fingerprint density at radius 1 is 1.12 bits per heavy atom. The average Bonchev–Trinajstić information content (AvgIpc) is 2.85. The zero-order valence-electron chi connectivity index (χ0n) is 13.8. The monoisotopic (exact) mass is 332 g/mol. The molecular weight excluding hydrogens is 308 g/mol. The van der Waals surface area contributed by atoms with Crippen LogP contribution in [0.15, 0.2) is 23.2 Å². The lowest BCUT2D eigenvalue weighted by atomic mass is 10.1. The zero-order chi connectivity index (χ0) is 16.8. The number of ether oxygens (including phenoxy) is 2. The van der Waals surface area contributed by atoms with Gasteiger partial charge in [-0.2, -0.15) is 0 Å². The molecule has 2 heterocycles. The molecule has 1 aromatic rings. The Kier molecular flexibility index (Phi) is 5.40. The van der Waals surface area contributed by atoms with E-state index in [2.05, 4.69) is 10.3 Å². The molecule has 1 fully saturated rings. The van der Waals surface area contributed by atoms with Crippen LogP contribution in [0.5, 0.6) is 11.5 Å². The van der Waals surface area contributed by atoms with Gasteiger partial charge in [0, 0.05) is 31.3 Å². The fourth-order valence-corrected chi connectivity index (χ4v) is 2.82. The minimum absolute atomic E-state index is 0.0260. The predicted octanol–water partition coefficient (Wildman–Crippen LogP) is 1.59. The van der Waals surface area contributed by atoms with Crippen molar-refractivity contribution in [1.82, 2.24) is 4.90 Å². The molecule has 1 saturated heterocycles. The maximum absolute atomic E-state index is 12.1. The largest absolute Gasteiger partial charge is 0.490 e. The van der Waals surface area contributed by atoms with Crippen molar-refractivity contribution >= 4 is 17.6 Å². The van der Waals surface area contributed by atoms with Crippen LogP contribution in [0.3, 0.4) is 0 Å². The van der Waals surface area contributed by atoms with Crippen LogP contribution in [0.2, 0.25) is 0 Å². The number of carbonyl (C=O) groups excluding carboxylic acids is 1. The highest BCUT2D eigenvalue weighted by Crippen LogP contribution is 2.32. The third-order valence-corrected chi connectivity index (χ3v) is 4.11. The van der Waals surface area contributed by atoms with Crippen LogP contribution >= 0.6 is 0 Å². The molecule has 0 aliphatic carbocycles. The first-order valence-electron chi connectivity index (χ1n) is 8.47. The number of guanidine groups is 1. The Bertz CT molecular complexity index is 612. The number of rotatable bonds is 3. The van der Waals surface area contributed by atoms with Gasteiger partial charge in [0.1, 0.15) is 6.54 Å². The van der Waals surface area contributed by atoms with E-state index in [9.17, 15) is 4.79 Å². The van der Waals surface area contributed by atoms with Gasteiger partial charge < -0.3 is 25.4 Å². The number of nitrogens with two attached hydrogens (primary N) is 1. The summed E-state index contributed by atoms with van der Waals surface area (Å²) in [4.78, 5) is 18.1. The SMILES string of the molecule is NC(=NCC(=O)N1CCCCC1)Nc1ccc2c(c1)OCCCO2. The van der Waals surface area contributed by atoms with Crippen molar-refractivity contribution in [3.05, 3.63) is 18.2 Å². The fraction of sp³-hybridized carbons (Fsp3) is 0.529. The average molecular weight is 332 g/mol. The number of amides is 1. The summed E-state index contributed by atoms with van der Waals surface area (Å²) in [6.07, 6.45) is 4.20. The molecule has 0 atom stereocenters. The van der Waals surface area contributed by atoms with Gasteiger partial charge in [-0.15, -0.1) is 0 Å². The molecule has 0 saturated carbocycles. The van der Waals surface area contributed by atoms with Gasteiger partial charge >= 0.3 is 0 Å². The van der Waals surface area contributed by atoms with E-state index in [1.807, 2.05) is 23.1 Å². The van der Waals surface area contributed by atoms with E-state index in [1.165, 1.54) is 6.42 Å². The van der Waals surface area contributed by atoms with Crippen molar-refractivity contribution in [2.24, 2.45) is 10.7 Å². The molecular formula is C17H24N4O3. The maximum Gasteiger partial charge on any atom is 0.244 e. The molecule has 0 spiro atoms.